The van der Waals surface area contributed by atoms with E-state index >= 15 is 0 Å². The van der Waals surface area contributed by atoms with Crippen LogP contribution in [-0.2, 0) is 32.6 Å². The molecular formula is C36H40ClN3O4S. The van der Waals surface area contributed by atoms with E-state index in [1.807, 2.05) is 81.4 Å². The highest BCUT2D eigenvalue weighted by Crippen LogP contribution is 2.28. The minimum absolute atomic E-state index is 0.00329. The van der Waals surface area contributed by atoms with Crippen molar-refractivity contribution in [3.8, 4) is 0 Å². The van der Waals surface area contributed by atoms with E-state index in [0.29, 0.717) is 22.8 Å². The van der Waals surface area contributed by atoms with Gasteiger partial charge in [0, 0.05) is 24.5 Å². The lowest BCUT2D eigenvalue weighted by molar-refractivity contribution is -0.140. The summed E-state index contributed by atoms with van der Waals surface area (Å²) in [5.41, 5.74) is 3.83. The highest BCUT2D eigenvalue weighted by atomic mass is 35.5. The Morgan fingerprint density at radius 1 is 0.800 bits per heavy atom. The fraction of sp³-hybridized carbons (Fsp3) is 0.278. The van der Waals surface area contributed by atoms with E-state index in [0.717, 1.165) is 21.0 Å². The summed E-state index contributed by atoms with van der Waals surface area (Å²) in [7, 11) is -4.20. The minimum Gasteiger partial charge on any atom is -0.354 e. The Kier molecular flexibility index (Phi) is 11.4. The smallest absolute Gasteiger partial charge is 0.264 e. The zero-order chi connectivity index (χ0) is 32.6. The van der Waals surface area contributed by atoms with E-state index in [9.17, 15) is 18.0 Å². The zero-order valence-electron chi connectivity index (χ0n) is 26.1. The quantitative estimate of drug-likeness (QED) is 0.178. The van der Waals surface area contributed by atoms with Crippen molar-refractivity contribution >= 4 is 39.1 Å². The molecule has 0 radical (unpaired) electrons. The molecule has 0 bridgehead atoms. The van der Waals surface area contributed by atoms with Gasteiger partial charge in [0.2, 0.25) is 11.8 Å². The Balaban J connectivity index is 1.80. The summed E-state index contributed by atoms with van der Waals surface area (Å²) >= 11 is 6.07. The van der Waals surface area contributed by atoms with Crippen LogP contribution in [0.5, 0.6) is 0 Å². The van der Waals surface area contributed by atoms with Gasteiger partial charge in [0.05, 0.1) is 10.6 Å². The molecule has 4 rings (SSSR count). The molecular weight excluding hydrogens is 606 g/mol. The number of carbonyl (C=O) groups excluding carboxylic acids is 2. The number of hydrogen-bond donors (Lipinski definition) is 1. The first-order valence-electron chi connectivity index (χ1n) is 15.0. The van der Waals surface area contributed by atoms with Crippen molar-refractivity contribution < 1.29 is 18.0 Å². The van der Waals surface area contributed by atoms with Gasteiger partial charge in [-0.2, -0.15) is 0 Å². The third kappa shape index (κ3) is 8.96. The van der Waals surface area contributed by atoms with E-state index in [1.54, 1.807) is 25.1 Å². The lowest BCUT2D eigenvalue weighted by Gasteiger charge is -2.34. The molecule has 0 fully saturated rings. The lowest BCUT2D eigenvalue weighted by Crippen LogP contribution is -2.53. The van der Waals surface area contributed by atoms with Crippen LogP contribution in [0, 0.1) is 19.8 Å². The lowest BCUT2D eigenvalue weighted by atomic mass is 10.0. The summed E-state index contributed by atoms with van der Waals surface area (Å²) < 4.78 is 29.4. The number of nitrogens with one attached hydrogen (secondary N) is 1. The van der Waals surface area contributed by atoms with Gasteiger partial charge in [0.1, 0.15) is 12.6 Å². The number of rotatable bonds is 13. The SMILES string of the molecule is Cc1ccc(CN(C(=O)CN(c2ccccc2C)S(=O)(=O)c2ccc(Cl)cc2)C(Cc2ccccc2)C(=O)NCC(C)C)cc1. The molecule has 2 amide bonds. The number of halogens is 1. The number of amides is 2. The van der Waals surface area contributed by atoms with Crippen LogP contribution in [0.1, 0.15) is 36.1 Å². The van der Waals surface area contributed by atoms with E-state index < -0.39 is 28.5 Å². The van der Waals surface area contributed by atoms with Crippen molar-refractivity contribution in [3.63, 3.8) is 0 Å². The van der Waals surface area contributed by atoms with E-state index in [1.165, 1.54) is 29.2 Å². The Hall–Kier alpha value is -4.14. The van der Waals surface area contributed by atoms with Crippen molar-refractivity contribution in [3.05, 3.63) is 130 Å². The van der Waals surface area contributed by atoms with E-state index in [2.05, 4.69) is 5.32 Å². The van der Waals surface area contributed by atoms with Gasteiger partial charge in [-0.05, 0) is 66.8 Å². The van der Waals surface area contributed by atoms with Crippen molar-refractivity contribution in [1.29, 1.82) is 0 Å². The second kappa shape index (κ2) is 15.2. The molecule has 4 aromatic rings. The number of anilines is 1. The number of para-hydroxylation sites is 1. The van der Waals surface area contributed by atoms with Crippen LogP contribution in [0.25, 0.3) is 0 Å². The molecule has 0 saturated carbocycles. The van der Waals surface area contributed by atoms with Crippen molar-refractivity contribution in [2.24, 2.45) is 5.92 Å². The molecule has 0 heterocycles. The maximum atomic E-state index is 14.5. The third-order valence-electron chi connectivity index (χ3n) is 7.49. The average molecular weight is 646 g/mol. The highest BCUT2D eigenvalue weighted by molar-refractivity contribution is 7.92. The number of carbonyl (C=O) groups is 2. The van der Waals surface area contributed by atoms with Crippen LogP contribution in [0.4, 0.5) is 5.69 Å². The molecule has 0 aromatic heterocycles. The second-order valence-electron chi connectivity index (χ2n) is 11.6. The largest absolute Gasteiger partial charge is 0.354 e. The molecule has 45 heavy (non-hydrogen) atoms. The molecule has 1 unspecified atom stereocenters. The predicted octanol–water partition coefficient (Wildman–Crippen LogP) is 6.56. The monoisotopic (exact) mass is 645 g/mol. The Bertz CT molecular complexity index is 1690. The first-order valence-corrected chi connectivity index (χ1v) is 16.8. The maximum Gasteiger partial charge on any atom is 0.264 e. The first-order chi connectivity index (χ1) is 21.5. The molecule has 0 aliphatic heterocycles. The third-order valence-corrected chi connectivity index (χ3v) is 9.52. The summed E-state index contributed by atoms with van der Waals surface area (Å²) in [6.45, 7) is 7.83. The number of nitrogens with zero attached hydrogens (tertiary/aromatic N) is 2. The molecule has 9 heteroatoms. The van der Waals surface area contributed by atoms with Gasteiger partial charge in [-0.25, -0.2) is 8.42 Å². The number of sulfonamides is 1. The summed E-state index contributed by atoms with van der Waals surface area (Å²) in [5, 5.41) is 3.41. The van der Waals surface area contributed by atoms with Gasteiger partial charge in [-0.15, -0.1) is 0 Å². The van der Waals surface area contributed by atoms with Gasteiger partial charge in [0.25, 0.3) is 10.0 Å². The topological polar surface area (TPSA) is 86.8 Å². The number of aryl methyl sites for hydroxylation is 2. The number of hydrogen-bond acceptors (Lipinski definition) is 4. The van der Waals surface area contributed by atoms with Gasteiger partial charge in [-0.3, -0.25) is 13.9 Å². The minimum atomic E-state index is -4.20. The van der Waals surface area contributed by atoms with E-state index in [-0.39, 0.29) is 29.7 Å². The predicted molar refractivity (Wildman–Crippen MR) is 181 cm³/mol. The summed E-state index contributed by atoms with van der Waals surface area (Å²) in [4.78, 5) is 29.9. The number of benzene rings is 4. The Morgan fingerprint density at radius 2 is 1.42 bits per heavy atom. The summed E-state index contributed by atoms with van der Waals surface area (Å²) in [6.07, 6.45) is 0.261. The molecule has 1 N–H and O–H groups in total. The van der Waals surface area contributed by atoms with Crippen molar-refractivity contribution in [2.45, 2.75) is 51.6 Å². The molecule has 236 valence electrons. The summed E-state index contributed by atoms with van der Waals surface area (Å²) in [5.74, 6) is -0.596. The van der Waals surface area contributed by atoms with Gasteiger partial charge >= 0.3 is 0 Å². The molecule has 7 nitrogen and oxygen atoms in total. The van der Waals surface area contributed by atoms with E-state index in [4.69, 9.17) is 11.6 Å². The molecule has 0 aliphatic rings. The van der Waals surface area contributed by atoms with Crippen LogP contribution in [0.15, 0.2) is 108 Å². The first kappa shape index (κ1) is 33.7. The zero-order valence-corrected chi connectivity index (χ0v) is 27.7. The molecule has 0 spiro atoms. The molecule has 0 aliphatic carbocycles. The fourth-order valence-electron chi connectivity index (χ4n) is 4.96. The van der Waals surface area contributed by atoms with Crippen molar-refractivity contribution in [2.75, 3.05) is 17.4 Å². The van der Waals surface area contributed by atoms with Crippen LogP contribution >= 0.6 is 11.6 Å². The average Bonchev–Trinajstić information content (AvgIpc) is 3.02. The molecule has 1 atom stereocenters. The van der Waals surface area contributed by atoms with Crippen LogP contribution < -0.4 is 9.62 Å². The highest BCUT2D eigenvalue weighted by Gasteiger charge is 2.35. The molecule has 4 aromatic carbocycles. The van der Waals surface area contributed by atoms with Crippen LogP contribution in [0.2, 0.25) is 5.02 Å². The second-order valence-corrected chi connectivity index (χ2v) is 13.9. The van der Waals surface area contributed by atoms with Crippen LogP contribution in [0.3, 0.4) is 0 Å². The van der Waals surface area contributed by atoms with Gasteiger partial charge < -0.3 is 10.2 Å². The van der Waals surface area contributed by atoms with Gasteiger partial charge in [-0.1, -0.05) is 104 Å². The van der Waals surface area contributed by atoms with Crippen molar-refractivity contribution in [1.82, 2.24) is 10.2 Å². The molecule has 0 saturated heterocycles. The maximum absolute atomic E-state index is 14.5. The summed E-state index contributed by atoms with van der Waals surface area (Å²) in [6, 6.07) is 29.3. The fourth-order valence-corrected chi connectivity index (χ4v) is 6.56. The Morgan fingerprint density at radius 3 is 2.04 bits per heavy atom. The van der Waals surface area contributed by atoms with Crippen LogP contribution in [-0.4, -0.2) is 44.3 Å². The van der Waals surface area contributed by atoms with Gasteiger partial charge in [0.15, 0.2) is 0 Å². The normalized spacial score (nSPS) is 12.0. The Labute approximate surface area is 271 Å². The standard InChI is InChI=1S/C36H40ClN3O4S/c1-26(2)23-38-36(42)34(22-29-11-6-5-7-12-29)39(24-30-16-14-27(3)15-17-30)35(41)25-40(33-13-9-8-10-28(33)4)45(43,44)32-20-18-31(37)19-21-32/h5-21,26,34H,22-25H2,1-4H3,(H,38,42).